The van der Waals surface area contributed by atoms with Crippen molar-refractivity contribution in [1.29, 1.82) is 0 Å². The first kappa shape index (κ1) is 11.7. The van der Waals surface area contributed by atoms with E-state index in [1.807, 2.05) is 6.92 Å². The van der Waals surface area contributed by atoms with Crippen LogP contribution in [0.2, 0.25) is 0 Å². The molecule has 5 heteroatoms. The minimum Gasteiger partial charge on any atom is -0.457 e. The van der Waals surface area contributed by atoms with Gasteiger partial charge in [0.25, 0.3) is 5.91 Å². The van der Waals surface area contributed by atoms with Gasteiger partial charge in [-0.1, -0.05) is 0 Å². The van der Waals surface area contributed by atoms with Gasteiger partial charge in [-0.15, -0.1) is 0 Å². The molecule has 17 heavy (non-hydrogen) atoms. The highest BCUT2D eigenvalue weighted by atomic mass is 79.9. The second kappa shape index (κ2) is 4.63. The second-order valence-electron chi connectivity index (χ2n) is 3.64. The third-order valence-electron chi connectivity index (χ3n) is 2.36. The Morgan fingerprint density at radius 1 is 1.41 bits per heavy atom. The van der Waals surface area contributed by atoms with E-state index in [-0.39, 0.29) is 5.91 Å². The Balaban J connectivity index is 2.22. The number of benzene rings is 1. The van der Waals surface area contributed by atoms with E-state index in [1.54, 1.807) is 24.3 Å². The molecule has 1 aromatic heterocycles. The number of halogens is 1. The molecule has 0 saturated carbocycles. The van der Waals surface area contributed by atoms with Crippen molar-refractivity contribution in [2.24, 2.45) is 0 Å². The molecule has 0 atom stereocenters. The van der Waals surface area contributed by atoms with Crippen molar-refractivity contribution in [3.8, 4) is 0 Å². The predicted molar refractivity (Wildman–Crippen MR) is 70.0 cm³/mol. The molecule has 0 radical (unpaired) electrons. The number of aryl methyl sites for hydroxylation is 1. The summed E-state index contributed by atoms with van der Waals surface area (Å²) in [6.45, 7) is 1.89. The van der Waals surface area contributed by atoms with E-state index >= 15 is 0 Å². The first-order valence-electron chi connectivity index (χ1n) is 4.98. The third kappa shape index (κ3) is 2.50. The molecule has 0 saturated heterocycles. The molecule has 4 nitrogen and oxygen atoms in total. The number of furan rings is 1. The van der Waals surface area contributed by atoms with E-state index in [1.165, 1.54) is 6.26 Å². The van der Waals surface area contributed by atoms with E-state index < -0.39 is 0 Å². The van der Waals surface area contributed by atoms with Gasteiger partial charge in [-0.2, -0.15) is 0 Å². The van der Waals surface area contributed by atoms with Gasteiger partial charge in [0.15, 0.2) is 4.67 Å². The van der Waals surface area contributed by atoms with Crippen LogP contribution in [-0.2, 0) is 0 Å². The van der Waals surface area contributed by atoms with Gasteiger partial charge in [0.1, 0.15) is 0 Å². The lowest BCUT2D eigenvalue weighted by molar-refractivity contribution is 0.102. The maximum atomic E-state index is 11.9. The predicted octanol–water partition coefficient (Wildman–Crippen LogP) is 3.19. The average Bonchev–Trinajstić information content (AvgIpc) is 2.68. The summed E-state index contributed by atoms with van der Waals surface area (Å²) in [4.78, 5) is 11.9. The average molecular weight is 295 g/mol. The van der Waals surface area contributed by atoms with E-state index in [4.69, 9.17) is 10.2 Å². The van der Waals surface area contributed by atoms with Crippen molar-refractivity contribution >= 4 is 33.2 Å². The fourth-order valence-electron chi connectivity index (χ4n) is 1.47. The number of amides is 1. The standard InChI is InChI=1S/C12H11BrN2O2/c1-7-6-8(14)2-3-10(7)15-12(16)9-4-5-17-11(9)13/h2-6H,14H2,1H3,(H,15,16). The van der Waals surface area contributed by atoms with Gasteiger partial charge in [-0.05, 0) is 52.7 Å². The number of rotatable bonds is 2. The molecule has 0 unspecified atom stereocenters. The largest absolute Gasteiger partial charge is 0.457 e. The van der Waals surface area contributed by atoms with Crippen molar-refractivity contribution in [2.45, 2.75) is 6.92 Å². The van der Waals surface area contributed by atoms with Crippen LogP contribution < -0.4 is 11.1 Å². The van der Waals surface area contributed by atoms with Gasteiger partial charge < -0.3 is 15.5 Å². The van der Waals surface area contributed by atoms with Crippen LogP contribution in [0.25, 0.3) is 0 Å². The minimum atomic E-state index is -0.224. The summed E-state index contributed by atoms with van der Waals surface area (Å²) in [5, 5.41) is 2.80. The third-order valence-corrected chi connectivity index (χ3v) is 2.98. The van der Waals surface area contributed by atoms with Gasteiger partial charge >= 0.3 is 0 Å². The van der Waals surface area contributed by atoms with Crippen LogP contribution in [-0.4, -0.2) is 5.91 Å². The van der Waals surface area contributed by atoms with Crippen LogP contribution in [0, 0.1) is 6.92 Å². The molecule has 0 aliphatic rings. The Hall–Kier alpha value is -1.75. The lowest BCUT2D eigenvalue weighted by Crippen LogP contribution is -2.12. The summed E-state index contributed by atoms with van der Waals surface area (Å²) in [5.41, 5.74) is 8.42. The van der Waals surface area contributed by atoms with E-state index in [2.05, 4.69) is 21.2 Å². The zero-order valence-electron chi connectivity index (χ0n) is 9.16. The summed E-state index contributed by atoms with van der Waals surface area (Å²) in [6, 6.07) is 6.93. The molecule has 88 valence electrons. The molecule has 1 aromatic carbocycles. The quantitative estimate of drug-likeness (QED) is 0.836. The second-order valence-corrected chi connectivity index (χ2v) is 4.36. The minimum absolute atomic E-state index is 0.224. The number of nitrogens with one attached hydrogen (secondary N) is 1. The first-order valence-corrected chi connectivity index (χ1v) is 5.77. The van der Waals surface area contributed by atoms with Gasteiger partial charge in [-0.25, -0.2) is 0 Å². The molecular formula is C12H11BrN2O2. The topological polar surface area (TPSA) is 68.3 Å². The maximum Gasteiger partial charge on any atom is 0.260 e. The van der Waals surface area contributed by atoms with Gasteiger partial charge in [0, 0.05) is 11.4 Å². The van der Waals surface area contributed by atoms with Crippen molar-refractivity contribution in [1.82, 2.24) is 0 Å². The number of hydrogen-bond donors (Lipinski definition) is 2. The Bertz CT molecular complexity index is 563. The molecule has 2 aromatic rings. The van der Waals surface area contributed by atoms with Crippen LogP contribution in [0.5, 0.6) is 0 Å². The highest BCUT2D eigenvalue weighted by molar-refractivity contribution is 9.10. The number of carbonyl (C=O) groups excluding carboxylic acids is 1. The molecule has 3 N–H and O–H groups in total. The molecule has 0 bridgehead atoms. The normalized spacial score (nSPS) is 10.2. The fourth-order valence-corrected chi connectivity index (χ4v) is 1.89. The monoisotopic (exact) mass is 294 g/mol. The molecule has 0 aliphatic carbocycles. The highest BCUT2D eigenvalue weighted by Crippen LogP contribution is 2.21. The molecule has 2 rings (SSSR count). The number of hydrogen-bond acceptors (Lipinski definition) is 3. The smallest absolute Gasteiger partial charge is 0.260 e. The van der Waals surface area contributed by atoms with Crippen LogP contribution in [0.1, 0.15) is 15.9 Å². The van der Waals surface area contributed by atoms with Gasteiger partial charge in [-0.3, -0.25) is 4.79 Å². The van der Waals surface area contributed by atoms with Crippen molar-refractivity contribution in [2.75, 3.05) is 11.1 Å². The molecular weight excluding hydrogens is 284 g/mol. The number of nitrogen functional groups attached to an aromatic ring is 1. The van der Waals surface area contributed by atoms with E-state index in [9.17, 15) is 4.79 Å². The maximum absolute atomic E-state index is 11.9. The van der Waals surface area contributed by atoms with E-state index in [0.717, 1.165) is 11.3 Å². The van der Waals surface area contributed by atoms with Crippen molar-refractivity contribution in [3.63, 3.8) is 0 Å². The number of anilines is 2. The van der Waals surface area contributed by atoms with Crippen LogP contribution in [0.4, 0.5) is 11.4 Å². The molecule has 0 aliphatic heterocycles. The van der Waals surface area contributed by atoms with Crippen LogP contribution in [0.15, 0.2) is 39.6 Å². The highest BCUT2D eigenvalue weighted by Gasteiger charge is 2.13. The molecule has 0 fully saturated rings. The first-order chi connectivity index (χ1) is 8.08. The summed E-state index contributed by atoms with van der Waals surface area (Å²) in [5.74, 6) is -0.224. The summed E-state index contributed by atoms with van der Waals surface area (Å²) in [7, 11) is 0. The lowest BCUT2D eigenvalue weighted by Gasteiger charge is -2.08. The summed E-state index contributed by atoms with van der Waals surface area (Å²) < 4.78 is 5.43. The van der Waals surface area contributed by atoms with Crippen LogP contribution in [0.3, 0.4) is 0 Å². The van der Waals surface area contributed by atoms with Crippen molar-refractivity contribution in [3.05, 3.63) is 46.3 Å². The van der Waals surface area contributed by atoms with Crippen LogP contribution >= 0.6 is 15.9 Å². The van der Waals surface area contributed by atoms with Gasteiger partial charge in [0.2, 0.25) is 0 Å². The summed E-state index contributed by atoms with van der Waals surface area (Å²) >= 11 is 3.16. The number of nitrogens with two attached hydrogens (primary N) is 1. The van der Waals surface area contributed by atoms with Gasteiger partial charge in [0.05, 0.1) is 11.8 Å². The Morgan fingerprint density at radius 2 is 2.18 bits per heavy atom. The SMILES string of the molecule is Cc1cc(N)ccc1NC(=O)c1ccoc1Br. The lowest BCUT2D eigenvalue weighted by atomic mass is 10.1. The van der Waals surface area contributed by atoms with E-state index in [0.29, 0.717) is 15.9 Å². The number of carbonyl (C=O) groups is 1. The molecule has 1 heterocycles. The Kier molecular flexibility index (Phi) is 3.19. The summed E-state index contributed by atoms with van der Waals surface area (Å²) in [6.07, 6.45) is 1.45. The van der Waals surface area contributed by atoms with Crippen molar-refractivity contribution < 1.29 is 9.21 Å². The molecule has 1 amide bonds. The zero-order chi connectivity index (χ0) is 12.4. The Labute approximate surface area is 107 Å². The fraction of sp³-hybridized carbons (Fsp3) is 0.0833. The Morgan fingerprint density at radius 3 is 2.76 bits per heavy atom. The molecule has 0 spiro atoms. The zero-order valence-corrected chi connectivity index (χ0v) is 10.7.